The number of sulfone groups is 1. The molecule has 0 aliphatic carbocycles. The van der Waals surface area contributed by atoms with Crippen LogP contribution in [-0.2, 0) is 14.6 Å². The van der Waals surface area contributed by atoms with Crippen molar-refractivity contribution in [2.75, 3.05) is 5.32 Å². The van der Waals surface area contributed by atoms with E-state index in [2.05, 4.69) is 10.1 Å². The highest BCUT2D eigenvalue weighted by atomic mass is 32.2. The summed E-state index contributed by atoms with van der Waals surface area (Å²) in [4.78, 5) is 12.2. The predicted molar refractivity (Wildman–Crippen MR) is 84.8 cm³/mol. The molecule has 2 rings (SSSR count). The largest absolute Gasteiger partial charge is 0.435 e. The number of alkyl halides is 2. The summed E-state index contributed by atoms with van der Waals surface area (Å²) in [6.07, 6.45) is 0. The van der Waals surface area contributed by atoms with Crippen LogP contribution < -0.4 is 10.1 Å². The fraction of sp³-hybridized carbons (Fsp3) is 0.188. The van der Waals surface area contributed by atoms with Crippen molar-refractivity contribution in [3.8, 4) is 5.75 Å². The van der Waals surface area contributed by atoms with Crippen molar-refractivity contribution in [3.63, 3.8) is 0 Å². The molecule has 1 amide bonds. The Labute approximate surface area is 138 Å². The Balaban J connectivity index is 2.09. The van der Waals surface area contributed by atoms with Crippen molar-refractivity contribution < 1.29 is 26.7 Å². The van der Waals surface area contributed by atoms with Gasteiger partial charge in [0.25, 0.3) is 0 Å². The second kappa shape index (κ2) is 7.39. The lowest BCUT2D eigenvalue weighted by atomic mass is 10.3. The maximum atomic E-state index is 12.4. The van der Waals surface area contributed by atoms with Gasteiger partial charge in [0.05, 0.1) is 4.90 Å². The number of halogens is 2. The zero-order chi connectivity index (χ0) is 17.7. The SMILES string of the molecule is CC(C(=O)Nc1ccc(OC(F)F)cc1)S(=O)(=O)c1ccccc1. The van der Waals surface area contributed by atoms with Crippen LogP contribution in [0.25, 0.3) is 0 Å². The van der Waals surface area contributed by atoms with Crippen LogP contribution in [0.2, 0.25) is 0 Å². The molecule has 0 fully saturated rings. The number of amides is 1. The Morgan fingerprint density at radius 3 is 2.17 bits per heavy atom. The molecule has 1 unspecified atom stereocenters. The van der Waals surface area contributed by atoms with E-state index in [1.165, 1.54) is 43.3 Å². The van der Waals surface area contributed by atoms with Crippen LogP contribution in [0.5, 0.6) is 5.75 Å². The third-order valence-corrected chi connectivity index (χ3v) is 5.33. The van der Waals surface area contributed by atoms with Crippen LogP contribution >= 0.6 is 0 Å². The molecule has 2 aromatic carbocycles. The monoisotopic (exact) mass is 355 g/mol. The van der Waals surface area contributed by atoms with Crippen molar-refractivity contribution in [3.05, 3.63) is 54.6 Å². The van der Waals surface area contributed by atoms with Crippen LogP contribution in [0.4, 0.5) is 14.5 Å². The number of hydrogen-bond donors (Lipinski definition) is 1. The number of anilines is 1. The zero-order valence-electron chi connectivity index (χ0n) is 12.6. The Kier molecular flexibility index (Phi) is 5.50. The minimum absolute atomic E-state index is 0.0494. The lowest BCUT2D eigenvalue weighted by Gasteiger charge is -2.13. The Bertz CT molecular complexity index is 793. The Hall–Kier alpha value is -2.48. The third-order valence-electron chi connectivity index (χ3n) is 3.25. The number of ether oxygens (including phenoxy) is 1. The molecule has 128 valence electrons. The number of carbonyl (C=O) groups excluding carboxylic acids is 1. The molecule has 8 heteroatoms. The summed E-state index contributed by atoms with van der Waals surface area (Å²) in [6, 6.07) is 12.8. The minimum atomic E-state index is -3.82. The quantitative estimate of drug-likeness (QED) is 0.864. The molecule has 0 saturated carbocycles. The van der Waals surface area contributed by atoms with Gasteiger partial charge < -0.3 is 10.1 Å². The molecular weight excluding hydrogens is 340 g/mol. The molecular formula is C16H15F2NO4S. The lowest BCUT2D eigenvalue weighted by Crippen LogP contribution is -2.32. The van der Waals surface area contributed by atoms with Crippen molar-refractivity contribution in [1.29, 1.82) is 0 Å². The average Bonchev–Trinajstić information content (AvgIpc) is 2.56. The molecule has 1 atom stereocenters. The summed E-state index contributed by atoms with van der Waals surface area (Å²) in [5, 5.41) is 1.13. The molecule has 0 heterocycles. The molecule has 5 nitrogen and oxygen atoms in total. The van der Waals surface area contributed by atoms with Gasteiger partial charge in [-0.2, -0.15) is 8.78 Å². The van der Waals surface area contributed by atoms with Gasteiger partial charge in [-0.05, 0) is 43.3 Å². The standard InChI is InChI=1S/C16H15F2NO4S/c1-11(24(21,22)14-5-3-2-4-6-14)15(20)19-12-7-9-13(10-8-12)23-16(17)18/h2-11,16H,1H3,(H,19,20). The van der Waals surface area contributed by atoms with Crippen molar-refractivity contribution in [1.82, 2.24) is 0 Å². The van der Waals surface area contributed by atoms with E-state index >= 15 is 0 Å². The Morgan fingerprint density at radius 1 is 1.04 bits per heavy atom. The Morgan fingerprint density at radius 2 is 1.62 bits per heavy atom. The van der Waals surface area contributed by atoms with Crippen molar-refractivity contribution >= 4 is 21.4 Å². The summed E-state index contributed by atoms with van der Waals surface area (Å²) in [5.41, 5.74) is 0.275. The van der Waals surface area contributed by atoms with Crippen LogP contribution in [0.1, 0.15) is 6.92 Å². The topological polar surface area (TPSA) is 72.5 Å². The number of benzene rings is 2. The van der Waals surface area contributed by atoms with Crippen LogP contribution in [0.15, 0.2) is 59.5 Å². The summed E-state index contributed by atoms with van der Waals surface area (Å²) < 4.78 is 53.1. The van der Waals surface area contributed by atoms with Gasteiger partial charge in [-0.3, -0.25) is 4.79 Å². The number of rotatable bonds is 6. The highest BCUT2D eigenvalue weighted by Crippen LogP contribution is 2.20. The first-order chi connectivity index (χ1) is 11.3. The van der Waals surface area contributed by atoms with Gasteiger partial charge in [0.2, 0.25) is 5.91 Å². The highest BCUT2D eigenvalue weighted by molar-refractivity contribution is 7.92. The van der Waals surface area contributed by atoms with Gasteiger partial charge in [0, 0.05) is 5.69 Å². The maximum absolute atomic E-state index is 12.4. The van der Waals surface area contributed by atoms with Crippen LogP contribution in [-0.4, -0.2) is 26.2 Å². The van der Waals surface area contributed by atoms with Crippen molar-refractivity contribution in [2.24, 2.45) is 0 Å². The molecule has 0 aliphatic rings. The van der Waals surface area contributed by atoms with E-state index in [4.69, 9.17) is 0 Å². The fourth-order valence-corrected chi connectivity index (χ4v) is 3.20. The van der Waals surface area contributed by atoms with Crippen molar-refractivity contribution in [2.45, 2.75) is 23.7 Å². The first-order valence-electron chi connectivity index (χ1n) is 6.95. The van der Waals surface area contributed by atoms with E-state index in [9.17, 15) is 22.0 Å². The van der Waals surface area contributed by atoms with E-state index in [-0.39, 0.29) is 16.3 Å². The molecule has 2 aromatic rings. The van der Waals surface area contributed by atoms with E-state index in [0.29, 0.717) is 0 Å². The van der Waals surface area contributed by atoms with Crippen LogP contribution in [0.3, 0.4) is 0 Å². The molecule has 0 radical (unpaired) electrons. The number of hydrogen-bond acceptors (Lipinski definition) is 4. The van der Waals surface area contributed by atoms with Gasteiger partial charge in [-0.1, -0.05) is 18.2 Å². The number of carbonyl (C=O) groups is 1. The normalized spacial score (nSPS) is 12.7. The average molecular weight is 355 g/mol. The van der Waals surface area contributed by atoms with E-state index in [0.717, 1.165) is 0 Å². The molecule has 0 bridgehead atoms. The molecule has 0 spiro atoms. The zero-order valence-corrected chi connectivity index (χ0v) is 13.5. The van der Waals surface area contributed by atoms with Gasteiger partial charge in [-0.15, -0.1) is 0 Å². The number of nitrogens with one attached hydrogen (secondary N) is 1. The fourth-order valence-electron chi connectivity index (χ4n) is 1.92. The molecule has 0 saturated heterocycles. The first kappa shape index (κ1) is 17.9. The lowest BCUT2D eigenvalue weighted by molar-refractivity contribution is -0.115. The second-order valence-electron chi connectivity index (χ2n) is 4.89. The van der Waals surface area contributed by atoms with E-state index in [1.54, 1.807) is 18.2 Å². The maximum Gasteiger partial charge on any atom is 0.387 e. The summed E-state index contributed by atoms with van der Waals surface area (Å²) in [5.74, 6) is -0.783. The first-order valence-corrected chi connectivity index (χ1v) is 8.50. The molecule has 0 aromatic heterocycles. The summed E-state index contributed by atoms with van der Waals surface area (Å²) in [7, 11) is -3.82. The van der Waals surface area contributed by atoms with Crippen LogP contribution in [0, 0.1) is 0 Å². The summed E-state index contributed by atoms with van der Waals surface area (Å²) in [6.45, 7) is -1.66. The predicted octanol–water partition coefficient (Wildman–Crippen LogP) is 3.09. The van der Waals surface area contributed by atoms with E-state index < -0.39 is 27.6 Å². The molecule has 1 N–H and O–H groups in total. The van der Waals surface area contributed by atoms with Gasteiger partial charge >= 0.3 is 6.61 Å². The second-order valence-corrected chi connectivity index (χ2v) is 7.16. The van der Waals surface area contributed by atoms with Gasteiger partial charge in [0.15, 0.2) is 9.84 Å². The van der Waals surface area contributed by atoms with E-state index in [1.807, 2.05) is 0 Å². The molecule has 0 aliphatic heterocycles. The smallest absolute Gasteiger partial charge is 0.387 e. The highest BCUT2D eigenvalue weighted by Gasteiger charge is 2.29. The third kappa shape index (κ3) is 4.29. The summed E-state index contributed by atoms with van der Waals surface area (Å²) >= 11 is 0. The van der Waals surface area contributed by atoms with Gasteiger partial charge in [-0.25, -0.2) is 8.42 Å². The van der Waals surface area contributed by atoms with Gasteiger partial charge in [0.1, 0.15) is 11.0 Å². The minimum Gasteiger partial charge on any atom is -0.435 e. The molecule has 24 heavy (non-hydrogen) atoms.